The first kappa shape index (κ1) is 14.3. The molecule has 112 valence electrons. The first-order chi connectivity index (χ1) is 9.91. The van der Waals surface area contributed by atoms with Crippen LogP contribution in [-0.4, -0.2) is 16.3 Å². The van der Waals surface area contributed by atoms with Gasteiger partial charge in [-0.15, -0.1) is 0 Å². The van der Waals surface area contributed by atoms with Gasteiger partial charge in [0.15, 0.2) is 0 Å². The summed E-state index contributed by atoms with van der Waals surface area (Å²) < 4.78 is 41.1. The molecule has 0 radical (unpaired) electrons. The molecule has 0 unspecified atom stereocenters. The van der Waals surface area contributed by atoms with Gasteiger partial charge < -0.3 is 5.32 Å². The molecular weight excluding hydrogens is 303 g/mol. The highest BCUT2D eigenvalue weighted by molar-refractivity contribution is 6.30. The minimum absolute atomic E-state index is 0.00255. The molecule has 0 saturated carbocycles. The normalized spacial score (nSPS) is 14.1. The Balaban J connectivity index is 2.22. The highest BCUT2D eigenvalue weighted by atomic mass is 35.5. The van der Waals surface area contributed by atoms with E-state index in [0.717, 1.165) is 30.3 Å². The lowest BCUT2D eigenvalue weighted by atomic mass is 10.1. The SMILES string of the molecule is CCc1nn(-c2ccc(Cl)cc2C(F)(F)F)c2c1CCN2. The van der Waals surface area contributed by atoms with Gasteiger partial charge in [0.05, 0.1) is 16.9 Å². The summed E-state index contributed by atoms with van der Waals surface area (Å²) >= 11 is 5.71. The molecule has 0 atom stereocenters. The fourth-order valence-corrected chi connectivity index (χ4v) is 2.80. The lowest BCUT2D eigenvalue weighted by molar-refractivity contribution is -0.137. The number of rotatable bonds is 2. The molecule has 0 amide bonds. The zero-order valence-electron chi connectivity index (χ0n) is 11.3. The van der Waals surface area contributed by atoms with Gasteiger partial charge in [-0.2, -0.15) is 18.3 Å². The Bertz CT molecular complexity index is 692. The van der Waals surface area contributed by atoms with Gasteiger partial charge in [0.2, 0.25) is 0 Å². The van der Waals surface area contributed by atoms with Crippen molar-refractivity contribution in [3.05, 3.63) is 40.0 Å². The van der Waals surface area contributed by atoms with Gasteiger partial charge >= 0.3 is 6.18 Å². The number of aromatic nitrogens is 2. The van der Waals surface area contributed by atoms with Crippen LogP contribution in [0.25, 0.3) is 5.69 Å². The largest absolute Gasteiger partial charge is 0.418 e. The van der Waals surface area contributed by atoms with Gasteiger partial charge in [0.25, 0.3) is 0 Å². The summed E-state index contributed by atoms with van der Waals surface area (Å²) in [5.41, 5.74) is 1.05. The van der Waals surface area contributed by atoms with E-state index in [9.17, 15) is 13.2 Å². The van der Waals surface area contributed by atoms with Crippen molar-refractivity contribution in [3.8, 4) is 5.69 Å². The second-order valence-electron chi connectivity index (χ2n) is 4.88. The minimum atomic E-state index is -4.48. The molecule has 7 heteroatoms. The van der Waals surface area contributed by atoms with E-state index in [1.807, 2.05) is 6.92 Å². The molecule has 3 nitrogen and oxygen atoms in total. The number of anilines is 1. The zero-order valence-corrected chi connectivity index (χ0v) is 12.0. The molecule has 0 aliphatic carbocycles. The number of halogens is 4. The van der Waals surface area contributed by atoms with Crippen molar-refractivity contribution in [2.24, 2.45) is 0 Å². The molecule has 2 aromatic rings. The summed E-state index contributed by atoms with van der Waals surface area (Å²) in [6.07, 6.45) is -3.01. The molecule has 2 heterocycles. The van der Waals surface area contributed by atoms with Gasteiger partial charge in [0, 0.05) is 17.1 Å². The van der Waals surface area contributed by atoms with Crippen LogP contribution in [0.2, 0.25) is 5.02 Å². The monoisotopic (exact) mass is 315 g/mol. The van der Waals surface area contributed by atoms with E-state index in [1.54, 1.807) is 0 Å². The molecule has 1 aliphatic heterocycles. The lowest BCUT2D eigenvalue weighted by Gasteiger charge is -2.15. The van der Waals surface area contributed by atoms with Crippen LogP contribution in [0.3, 0.4) is 0 Å². The number of nitrogens with one attached hydrogen (secondary N) is 1. The van der Waals surface area contributed by atoms with Crippen molar-refractivity contribution in [2.45, 2.75) is 25.9 Å². The Kier molecular flexibility index (Phi) is 3.36. The van der Waals surface area contributed by atoms with Gasteiger partial charge in [-0.1, -0.05) is 18.5 Å². The third-order valence-electron chi connectivity index (χ3n) is 3.56. The van der Waals surface area contributed by atoms with E-state index in [0.29, 0.717) is 12.2 Å². The molecule has 0 fully saturated rings. The van der Waals surface area contributed by atoms with Crippen molar-refractivity contribution in [3.63, 3.8) is 0 Å². The predicted molar refractivity (Wildman–Crippen MR) is 75.1 cm³/mol. The lowest BCUT2D eigenvalue weighted by Crippen LogP contribution is -2.13. The Morgan fingerprint density at radius 2 is 2.14 bits per heavy atom. The van der Waals surface area contributed by atoms with Crippen molar-refractivity contribution < 1.29 is 13.2 Å². The van der Waals surface area contributed by atoms with Gasteiger partial charge in [-0.05, 0) is 31.0 Å². The van der Waals surface area contributed by atoms with Gasteiger partial charge in [0.1, 0.15) is 5.82 Å². The Hall–Kier alpha value is -1.69. The van der Waals surface area contributed by atoms with Crippen LogP contribution in [0.5, 0.6) is 0 Å². The Labute approximate surface area is 124 Å². The predicted octanol–water partition coefficient (Wildman–Crippen LogP) is 4.07. The zero-order chi connectivity index (χ0) is 15.2. The third kappa shape index (κ3) is 2.37. The van der Waals surface area contributed by atoms with Crippen molar-refractivity contribution >= 4 is 17.4 Å². The van der Waals surface area contributed by atoms with E-state index < -0.39 is 11.7 Å². The average Bonchev–Trinajstić information content (AvgIpc) is 2.99. The first-order valence-corrected chi connectivity index (χ1v) is 7.01. The molecule has 0 spiro atoms. The molecule has 1 aliphatic rings. The van der Waals surface area contributed by atoms with Crippen molar-refractivity contribution in [2.75, 3.05) is 11.9 Å². The summed E-state index contributed by atoms with van der Waals surface area (Å²) in [6.45, 7) is 2.66. The molecule has 0 bridgehead atoms. The van der Waals surface area contributed by atoms with Gasteiger partial charge in [-0.25, -0.2) is 4.68 Å². The topological polar surface area (TPSA) is 29.9 Å². The van der Waals surface area contributed by atoms with Crippen molar-refractivity contribution in [1.29, 1.82) is 0 Å². The number of hydrogen-bond acceptors (Lipinski definition) is 2. The number of fused-ring (bicyclic) bond motifs is 1. The maximum atomic E-state index is 13.2. The quantitative estimate of drug-likeness (QED) is 0.905. The summed E-state index contributed by atoms with van der Waals surface area (Å²) in [5, 5.41) is 7.51. The van der Waals surface area contributed by atoms with E-state index in [2.05, 4.69) is 10.4 Å². The van der Waals surface area contributed by atoms with Crippen LogP contribution in [0.15, 0.2) is 18.2 Å². The Morgan fingerprint density at radius 1 is 1.38 bits per heavy atom. The molecule has 1 aromatic carbocycles. The summed E-state index contributed by atoms with van der Waals surface area (Å²) in [4.78, 5) is 0. The van der Waals surface area contributed by atoms with E-state index in [-0.39, 0.29) is 10.7 Å². The third-order valence-corrected chi connectivity index (χ3v) is 3.80. The number of benzene rings is 1. The molecule has 21 heavy (non-hydrogen) atoms. The van der Waals surface area contributed by atoms with Crippen LogP contribution < -0.4 is 5.32 Å². The maximum Gasteiger partial charge on any atom is 0.418 e. The fraction of sp³-hybridized carbons (Fsp3) is 0.357. The van der Waals surface area contributed by atoms with Crippen LogP contribution in [-0.2, 0) is 19.0 Å². The summed E-state index contributed by atoms with van der Waals surface area (Å²) in [7, 11) is 0. The molecular formula is C14H13ClF3N3. The maximum absolute atomic E-state index is 13.2. The highest BCUT2D eigenvalue weighted by Crippen LogP contribution is 2.38. The first-order valence-electron chi connectivity index (χ1n) is 6.63. The van der Waals surface area contributed by atoms with Crippen LogP contribution in [0.4, 0.5) is 19.0 Å². The van der Waals surface area contributed by atoms with E-state index in [1.165, 1.54) is 16.8 Å². The molecule has 0 saturated heterocycles. The second-order valence-corrected chi connectivity index (χ2v) is 5.31. The Morgan fingerprint density at radius 3 is 2.81 bits per heavy atom. The second kappa shape index (κ2) is 4.94. The summed E-state index contributed by atoms with van der Waals surface area (Å²) in [6, 6.07) is 3.74. The molecule has 1 N–H and O–H groups in total. The smallest absolute Gasteiger partial charge is 0.369 e. The number of hydrogen-bond donors (Lipinski definition) is 1. The number of aryl methyl sites for hydroxylation is 1. The number of alkyl halides is 3. The summed E-state index contributed by atoms with van der Waals surface area (Å²) in [5.74, 6) is 0.652. The van der Waals surface area contributed by atoms with E-state index in [4.69, 9.17) is 11.6 Å². The minimum Gasteiger partial charge on any atom is -0.369 e. The van der Waals surface area contributed by atoms with Crippen LogP contribution >= 0.6 is 11.6 Å². The highest BCUT2D eigenvalue weighted by Gasteiger charge is 2.36. The van der Waals surface area contributed by atoms with Gasteiger partial charge in [-0.3, -0.25) is 0 Å². The fourth-order valence-electron chi connectivity index (χ4n) is 2.62. The van der Waals surface area contributed by atoms with Crippen molar-refractivity contribution in [1.82, 2.24) is 9.78 Å². The standard InChI is InChI=1S/C14H13ClF3N3/c1-2-11-9-5-6-19-13(9)21(20-11)12-4-3-8(15)7-10(12)14(16,17)18/h3-4,7,19H,2,5-6H2,1H3. The van der Waals surface area contributed by atoms with E-state index >= 15 is 0 Å². The molecule has 1 aromatic heterocycles. The average molecular weight is 316 g/mol. The van der Waals surface area contributed by atoms with Crippen LogP contribution in [0, 0.1) is 0 Å². The van der Waals surface area contributed by atoms with Crippen LogP contribution in [0.1, 0.15) is 23.7 Å². The number of nitrogens with zero attached hydrogens (tertiary/aromatic N) is 2. The molecule has 3 rings (SSSR count).